The highest BCUT2D eigenvalue weighted by Crippen LogP contribution is 2.38. The number of pyridine rings is 1. The minimum atomic E-state index is -0.807. The third kappa shape index (κ3) is 6.74. The average Bonchev–Trinajstić information content (AvgIpc) is 3.68. The zero-order chi connectivity index (χ0) is 35.0. The Labute approximate surface area is 278 Å². The molecular weight excluding hydrogens is 638 g/mol. The fourth-order valence-electron chi connectivity index (χ4n) is 5.03. The minimum absolute atomic E-state index is 0.0555. The van der Waals surface area contributed by atoms with Crippen LogP contribution in [0.5, 0.6) is 17.4 Å². The van der Waals surface area contributed by atoms with E-state index in [-0.39, 0.29) is 34.3 Å². The number of methoxy groups -OCH3 is 1. The molecule has 12 nitrogen and oxygen atoms in total. The van der Waals surface area contributed by atoms with Gasteiger partial charge in [0.2, 0.25) is 5.88 Å². The number of ether oxygens (including phenoxy) is 3. The SMILES string of the molecule is COc1ccc(C(=O)Nc2ccc(Oc3cc4cnn(C)c4cc3-c3cnn(C(=O)OC(C)(C)C)c3)c(F)c2)c(=O)n1-c1ccc(F)cc1. The Morgan fingerprint density at radius 3 is 2.35 bits per heavy atom. The van der Waals surface area contributed by atoms with E-state index in [9.17, 15) is 18.8 Å². The Hall–Kier alpha value is -6.31. The zero-order valence-electron chi connectivity index (χ0n) is 27.0. The summed E-state index contributed by atoms with van der Waals surface area (Å²) in [5.41, 5.74) is 0.379. The second-order valence-corrected chi connectivity index (χ2v) is 11.9. The van der Waals surface area contributed by atoms with Crippen molar-refractivity contribution in [1.82, 2.24) is 24.1 Å². The van der Waals surface area contributed by atoms with Gasteiger partial charge in [-0.3, -0.25) is 14.3 Å². The largest absolute Gasteiger partial charge is 0.482 e. The Morgan fingerprint density at radius 1 is 0.898 bits per heavy atom. The van der Waals surface area contributed by atoms with Crippen molar-refractivity contribution in [3.8, 4) is 34.2 Å². The van der Waals surface area contributed by atoms with Crippen LogP contribution in [0.15, 0.2) is 90.1 Å². The summed E-state index contributed by atoms with van der Waals surface area (Å²) >= 11 is 0. The van der Waals surface area contributed by atoms with Crippen molar-refractivity contribution in [2.24, 2.45) is 7.05 Å². The monoisotopic (exact) mass is 668 g/mol. The molecule has 0 saturated heterocycles. The number of aromatic nitrogens is 5. The van der Waals surface area contributed by atoms with E-state index in [0.717, 1.165) is 26.2 Å². The number of aryl methyl sites for hydroxylation is 1. The lowest BCUT2D eigenvalue weighted by atomic mass is 10.1. The summed E-state index contributed by atoms with van der Waals surface area (Å²) in [6.07, 6.45) is 3.91. The first kappa shape index (κ1) is 32.6. The number of nitrogens with zero attached hydrogens (tertiary/aromatic N) is 5. The van der Waals surface area contributed by atoms with Crippen LogP contribution in [-0.4, -0.2) is 48.8 Å². The van der Waals surface area contributed by atoms with Crippen LogP contribution in [0.3, 0.4) is 0 Å². The number of carbonyl (C=O) groups excluding carboxylic acids is 2. The van der Waals surface area contributed by atoms with Gasteiger partial charge in [0.15, 0.2) is 11.6 Å². The molecule has 0 aliphatic carbocycles. The van der Waals surface area contributed by atoms with Gasteiger partial charge < -0.3 is 19.5 Å². The number of hydrogen-bond acceptors (Lipinski definition) is 8. The summed E-state index contributed by atoms with van der Waals surface area (Å²) in [5.74, 6) is -1.89. The van der Waals surface area contributed by atoms with Gasteiger partial charge in [0, 0.05) is 41.5 Å². The summed E-state index contributed by atoms with van der Waals surface area (Å²) in [7, 11) is 3.13. The van der Waals surface area contributed by atoms with Gasteiger partial charge in [-0.1, -0.05) is 0 Å². The van der Waals surface area contributed by atoms with Gasteiger partial charge >= 0.3 is 6.09 Å². The molecule has 1 N–H and O–H groups in total. The average molecular weight is 669 g/mol. The summed E-state index contributed by atoms with van der Waals surface area (Å²) in [5, 5.41) is 11.7. The molecule has 0 aliphatic heterocycles. The van der Waals surface area contributed by atoms with Crippen LogP contribution in [0, 0.1) is 11.6 Å². The summed E-state index contributed by atoms with van der Waals surface area (Å²) < 4.78 is 49.6. The maximum absolute atomic E-state index is 15.5. The number of benzene rings is 3. The van der Waals surface area contributed by atoms with E-state index in [2.05, 4.69) is 15.5 Å². The molecule has 250 valence electrons. The lowest BCUT2D eigenvalue weighted by Gasteiger charge is -2.18. The normalized spacial score (nSPS) is 11.4. The molecule has 0 bridgehead atoms. The predicted octanol–water partition coefficient (Wildman–Crippen LogP) is 6.70. The molecule has 6 aromatic rings. The fourth-order valence-corrected chi connectivity index (χ4v) is 5.03. The summed E-state index contributed by atoms with van der Waals surface area (Å²) in [4.78, 5) is 39.1. The number of anilines is 1. The molecule has 0 spiro atoms. The van der Waals surface area contributed by atoms with Crippen molar-refractivity contribution in [2.45, 2.75) is 26.4 Å². The number of rotatable bonds is 7. The van der Waals surface area contributed by atoms with Crippen molar-refractivity contribution in [3.63, 3.8) is 0 Å². The second kappa shape index (κ2) is 12.7. The maximum Gasteiger partial charge on any atom is 0.435 e. The van der Waals surface area contributed by atoms with Gasteiger partial charge in [-0.2, -0.15) is 14.9 Å². The zero-order valence-corrected chi connectivity index (χ0v) is 27.0. The Balaban J connectivity index is 1.28. The van der Waals surface area contributed by atoms with Crippen LogP contribution >= 0.6 is 0 Å². The first-order chi connectivity index (χ1) is 23.3. The fraction of sp³-hybridized carbons (Fsp3) is 0.171. The van der Waals surface area contributed by atoms with Gasteiger partial charge in [-0.25, -0.2) is 18.1 Å². The Morgan fingerprint density at radius 2 is 1.65 bits per heavy atom. The molecule has 3 aromatic carbocycles. The van der Waals surface area contributed by atoms with Gasteiger partial charge in [0.05, 0.1) is 30.7 Å². The van der Waals surface area contributed by atoms with Crippen LogP contribution in [0.1, 0.15) is 31.1 Å². The maximum atomic E-state index is 15.5. The molecule has 3 aromatic heterocycles. The van der Waals surface area contributed by atoms with E-state index in [4.69, 9.17) is 14.2 Å². The van der Waals surface area contributed by atoms with Crippen molar-refractivity contribution >= 4 is 28.6 Å². The van der Waals surface area contributed by atoms with Crippen LogP contribution < -0.4 is 20.3 Å². The second-order valence-electron chi connectivity index (χ2n) is 11.9. The highest BCUT2D eigenvalue weighted by Gasteiger charge is 2.22. The van der Waals surface area contributed by atoms with Crippen LogP contribution in [-0.2, 0) is 11.8 Å². The van der Waals surface area contributed by atoms with Gasteiger partial charge in [0.25, 0.3) is 11.5 Å². The van der Waals surface area contributed by atoms with E-state index >= 15 is 4.39 Å². The molecule has 3 heterocycles. The quantitative estimate of drug-likeness (QED) is 0.199. The van der Waals surface area contributed by atoms with E-state index < -0.39 is 34.8 Å². The van der Waals surface area contributed by atoms with E-state index in [1.807, 2.05) is 0 Å². The molecule has 0 aliphatic rings. The molecule has 49 heavy (non-hydrogen) atoms. The van der Waals surface area contributed by atoms with Crippen molar-refractivity contribution in [3.05, 3.63) is 113 Å². The van der Waals surface area contributed by atoms with Gasteiger partial charge in [0.1, 0.15) is 22.7 Å². The Bertz CT molecular complexity index is 2290. The number of hydrogen-bond donors (Lipinski definition) is 1. The smallest absolute Gasteiger partial charge is 0.435 e. The lowest BCUT2D eigenvalue weighted by Crippen LogP contribution is -2.29. The molecular formula is C35H30F2N6O6. The van der Waals surface area contributed by atoms with Crippen molar-refractivity contribution in [2.75, 3.05) is 12.4 Å². The summed E-state index contributed by atoms with van der Waals surface area (Å²) in [6.45, 7) is 5.23. The summed E-state index contributed by atoms with van der Waals surface area (Å²) in [6, 6.07) is 15.1. The number of fused-ring (bicyclic) bond motifs is 1. The van der Waals surface area contributed by atoms with E-state index in [0.29, 0.717) is 11.1 Å². The topological polar surface area (TPSA) is 132 Å². The van der Waals surface area contributed by atoms with Crippen LogP contribution in [0.2, 0.25) is 0 Å². The highest BCUT2D eigenvalue weighted by molar-refractivity contribution is 6.04. The highest BCUT2D eigenvalue weighted by atomic mass is 19.1. The van der Waals surface area contributed by atoms with Gasteiger partial charge in [-0.05, 0) is 81.4 Å². The van der Waals surface area contributed by atoms with E-state index in [1.54, 1.807) is 50.8 Å². The molecule has 0 fully saturated rings. The first-order valence-corrected chi connectivity index (χ1v) is 14.9. The molecule has 0 saturated carbocycles. The molecule has 1 amide bonds. The minimum Gasteiger partial charge on any atom is -0.482 e. The standard InChI is InChI=1S/C35H30F2N6O6/c1-35(2,3)49-34(46)42-19-21(18-39-42)26-16-28-20(17-38-41(28)4)14-30(26)48-29-12-8-23(15-27(29)37)40-32(44)25-11-13-31(47-5)43(33(25)45)24-9-6-22(36)7-10-24/h6-19H,1-5H3,(H,40,44). The first-order valence-electron chi connectivity index (χ1n) is 14.9. The van der Waals surface area contributed by atoms with Crippen LogP contribution in [0.4, 0.5) is 19.3 Å². The van der Waals surface area contributed by atoms with Gasteiger partial charge in [-0.15, -0.1) is 0 Å². The third-order valence-corrected chi connectivity index (χ3v) is 7.32. The molecule has 6 rings (SSSR count). The predicted molar refractivity (Wildman–Crippen MR) is 177 cm³/mol. The third-order valence-electron chi connectivity index (χ3n) is 7.32. The molecule has 0 atom stereocenters. The van der Waals surface area contributed by atoms with E-state index in [1.165, 1.54) is 68.0 Å². The van der Waals surface area contributed by atoms with Crippen LogP contribution in [0.25, 0.3) is 27.7 Å². The molecule has 0 unspecified atom stereocenters. The lowest BCUT2D eigenvalue weighted by molar-refractivity contribution is 0.0514. The number of nitrogens with one attached hydrogen (secondary N) is 1. The molecule has 0 radical (unpaired) electrons. The number of amides is 1. The molecule has 14 heteroatoms. The van der Waals surface area contributed by atoms with Crippen molar-refractivity contribution < 1.29 is 32.6 Å². The Kier molecular flexibility index (Phi) is 8.46. The number of carbonyl (C=O) groups is 2. The van der Waals surface area contributed by atoms with Crippen molar-refractivity contribution in [1.29, 1.82) is 0 Å². The number of halogens is 2.